The Morgan fingerprint density at radius 3 is 2.56 bits per heavy atom. The number of nitrogens with zero attached hydrogens (tertiary/aromatic N) is 3. The highest BCUT2D eigenvalue weighted by atomic mass is 32.2. The van der Waals surface area contributed by atoms with E-state index in [0.29, 0.717) is 5.82 Å². The molecular weight excluding hydrogens is 258 g/mol. The molecule has 100 valence electrons. The van der Waals surface area contributed by atoms with E-state index in [2.05, 4.69) is 9.72 Å². The van der Waals surface area contributed by atoms with Crippen molar-refractivity contribution in [3.8, 4) is 0 Å². The first kappa shape index (κ1) is 13.0. The van der Waals surface area contributed by atoms with E-state index in [1.54, 1.807) is 18.5 Å². The minimum atomic E-state index is -3.58. The van der Waals surface area contributed by atoms with Crippen molar-refractivity contribution in [1.82, 2.24) is 13.9 Å². The third-order valence-electron chi connectivity index (χ3n) is 3.07. The van der Waals surface area contributed by atoms with Gasteiger partial charge in [-0.3, -0.25) is 4.79 Å². The largest absolute Gasteiger partial charge is 0.469 e. The number of esters is 1. The van der Waals surface area contributed by atoms with Crippen LogP contribution in [0.25, 0.3) is 0 Å². The van der Waals surface area contributed by atoms with Crippen LogP contribution < -0.4 is 0 Å². The molecule has 1 saturated heterocycles. The number of carbonyl (C=O) groups excluding carboxylic acids is 1. The van der Waals surface area contributed by atoms with Crippen LogP contribution in [0.3, 0.4) is 0 Å². The highest BCUT2D eigenvalue weighted by Gasteiger charge is 2.42. The smallest absolute Gasteiger partial charge is 0.311 e. The minimum absolute atomic E-state index is 0.0193. The second-order valence-corrected chi connectivity index (χ2v) is 6.16. The van der Waals surface area contributed by atoms with Crippen molar-refractivity contribution in [2.75, 3.05) is 20.2 Å². The number of methoxy groups -OCH3 is 1. The van der Waals surface area contributed by atoms with Crippen molar-refractivity contribution < 1.29 is 17.9 Å². The summed E-state index contributed by atoms with van der Waals surface area (Å²) in [6.45, 7) is 2.04. The zero-order valence-electron chi connectivity index (χ0n) is 10.5. The molecule has 0 atom stereocenters. The molecule has 7 nitrogen and oxygen atoms in total. The van der Waals surface area contributed by atoms with E-state index in [1.165, 1.54) is 17.6 Å². The third kappa shape index (κ3) is 2.01. The van der Waals surface area contributed by atoms with Crippen molar-refractivity contribution in [3.63, 3.8) is 0 Å². The van der Waals surface area contributed by atoms with Crippen LogP contribution in [0.5, 0.6) is 0 Å². The van der Waals surface area contributed by atoms with E-state index in [1.807, 2.05) is 0 Å². The zero-order chi connectivity index (χ0) is 13.5. The highest BCUT2D eigenvalue weighted by molar-refractivity contribution is 7.89. The van der Waals surface area contributed by atoms with E-state index in [9.17, 15) is 13.2 Å². The average Bonchev–Trinajstić information content (AvgIpc) is 2.57. The van der Waals surface area contributed by atoms with Crippen molar-refractivity contribution in [3.05, 3.63) is 12.0 Å². The molecule has 1 aromatic heterocycles. The van der Waals surface area contributed by atoms with E-state index in [-0.39, 0.29) is 30.0 Å². The summed E-state index contributed by atoms with van der Waals surface area (Å²) in [5.74, 6) is -0.119. The van der Waals surface area contributed by atoms with Crippen LogP contribution in [0.2, 0.25) is 0 Å². The molecule has 8 heteroatoms. The first-order chi connectivity index (χ1) is 8.36. The van der Waals surface area contributed by atoms with E-state index < -0.39 is 10.0 Å². The molecule has 18 heavy (non-hydrogen) atoms. The predicted octanol–water partition coefficient (Wildman–Crippen LogP) is -0.478. The van der Waals surface area contributed by atoms with Gasteiger partial charge < -0.3 is 9.30 Å². The Hall–Kier alpha value is -1.41. The van der Waals surface area contributed by atoms with Gasteiger partial charge in [-0.2, -0.15) is 4.31 Å². The lowest BCUT2D eigenvalue weighted by Crippen LogP contribution is -2.53. The van der Waals surface area contributed by atoms with Crippen molar-refractivity contribution in [2.45, 2.75) is 11.9 Å². The highest BCUT2D eigenvalue weighted by Crippen LogP contribution is 2.25. The van der Waals surface area contributed by atoms with Gasteiger partial charge in [0, 0.05) is 26.3 Å². The molecule has 1 fully saturated rings. The van der Waals surface area contributed by atoms with Gasteiger partial charge in [0.1, 0.15) is 5.82 Å². The molecule has 0 aromatic carbocycles. The van der Waals surface area contributed by atoms with Crippen LogP contribution in [-0.4, -0.2) is 48.4 Å². The third-order valence-corrected chi connectivity index (χ3v) is 4.78. The fourth-order valence-corrected chi connectivity index (χ4v) is 3.29. The summed E-state index contributed by atoms with van der Waals surface area (Å²) >= 11 is 0. The van der Waals surface area contributed by atoms with Gasteiger partial charge in [-0.15, -0.1) is 0 Å². The summed E-state index contributed by atoms with van der Waals surface area (Å²) in [5.41, 5.74) is 0. The predicted molar refractivity (Wildman–Crippen MR) is 62.2 cm³/mol. The molecule has 0 radical (unpaired) electrons. The molecule has 1 aromatic rings. The number of aryl methyl sites for hydroxylation is 2. The number of hydrogen-bond donors (Lipinski definition) is 0. The van der Waals surface area contributed by atoms with Gasteiger partial charge in [-0.25, -0.2) is 13.4 Å². The summed E-state index contributed by atoms with van der Waals surface area (Å²) in [5, 5.41) is 0.0193. The lowest BCUT2D eigenvalue weighted by molar-refractivity contribution is -0.149. The summed E-state index contributed by atoms with van der Waals surface area (Å²) in [6.07, 6.45) is 1.47. The van der Waals surface area contributed by atoms with Gasteiger partial charge in [0.05, 0.1) is 13.0 Å². The lowest BCUT2D eigenvalue weighted by Gasteiger charge is -2.35. The topological polar surface area (TPSA) is 81.5 Å². The summed E-state index contributed by atoms with van der Waals surface area (Å²) in [4.78, 5) is 15.2. The molecule has 0 bridgehead atoms. The number of hydrogen-bond acceptors (Lipinski definition) is 5. The molecular formula is C10H15N3O4S. The molecule has 1 aliphatic heterocycles. The van der Waals surface area contributed by atoms with Crippen molar-refractivity contribution >= 4 is 16.0 Å². The quantitative estimate of drug-likeness (QED) is 0.695. The van der Waals surface area contributed by atoms with Gasteiger partial charge >= 0.3 is 5.97 Å². The fraction of sp³-hybridized carbons (Fsp3) is 0.600. The van der Waals surface area contributed by atoms with Crippen molar-refractivity contribution in [2.24, 2.45) is 13.0 Å². The number of aromatic nitrogens is 2. The molecule has 0 aliphatic carbocycles. The number of ether oxygens (including phenoxy) is 1. The minimum Gasteiger partial charge on any atom is -0.469 e. The van der Waals surface area contributed by atoms with Gasteiger partial charge in [0.15, 0.2) is 5.03 Å². The summed E-state index contributed by atoms with van der Waals surface area (Å²) in [6, 6.07) is 0. The first-order valence-corrected chi connectivity index (χ1v) is 6.88. The number of carbonyl (C=O) groups is 1. The maximum Gasteiger partial charge on any atom is 0.311 e. The molecule has 0 unspecified atom stereocenters. The van der Waals surface area contributed by atoms with Gasteiger partial charge in [0.25, 0.3) is 10.0 Å². The van der Waals surface area contributed by atoms with Gasteiger partial charge in [-0.1, -0.05) is 0 Å². The molecule has 0 amide bonds. The SMILES string of the molecule is COC(=O)C1CN(S(=O)(=O)c2cn(C)c(C)n2)C1. The summed E-state index contributed by atoms with van der Waals surface area (Å²) < 4.78 is 31.7. The van der Waals surface area contributed by atoms with E-state index >= 15 is 0 Å². The first-order valence-electron chi connectivity index (χ1n) is 5.44. The average molecular weight is 273 g/mol. The van der Waals surface area contributed by atoms with E-state index in [4.69, 9.17) is 0 Å². The molecule has 0 N–H and O–H groups in total. The van der Waals surface area contributed by atoms with Crippen LogP contribution in [-0.2, 0) is 26.6 Å². The Bertz CT molecular complexity index is 552. The Morgan fingerprint density at radius 2 is 2.11 bits per heavy atom. The molecule has 1 aliphatic rings. The van der Waals surface area contributed by atoms with Crippen LogP contribution in [0.4, 0.5) is 0 Å². The van der Waals surface area contributed by atoms with Gasteiger partial charge in [0.2, 0.25) is 0 Å². The molecule has 2 rings (SSSR count). The Kier molecular flexibility index (Phi) is 3.16. The number of rotatable bonds is 3. The lowest BCUT2D eigenvalue weighted by atomic mass is 10.0. The normalized spacial score (nSPS) is 17.5. The van der Waals surface area contributed by atoms with Crippen LogP contribution >= 0.6 is 0 Å². The Morgan fingerprint density at radius 1 is 1.50 bits per heavy atom. The maximum atomic E-state index is 12.1. The molecule has 2 heterocycles. The standard InChI is InChI=1S/C10H15N3O4S/c1-7-11-9(6-12(7)2)18(15,16)13-4-8(5-13)10(14)17-3/h6,8H,4-5H2,1-3H3. The molecule has 0 spiro atoms. The molecule has 0 saturated carbocycles. The number of imidazole rings is 1. The van der Waals surface area contributed by atoms with Gasteiger partial charge in [-0.05, 0) is 6.92 Å². The zero-order valence-corrected chi connectivity index (χ0v) is 11.3. The Balaban J connectivity index is 2.13. The second kappa shape index (κ2) is 4.36. The van der Waals surface area contributed by atoms with Crippen LogP contribution in [0, 0.1) is 12.8 Å². The summed E-state index contributed by atoms with van der Waals surface area (Å²) in [7, 11) is -0.561. The fourth-order valence-electron chi connectivity index (χ4n) is 1.73. The maximum absolute atomic E-state index is 12.1. The van der Waals surface area contributed by atoms with Crippen LogP contribution in [0.1, 0.15) is 5.82 Å². The van der Waals surface area contributed by atoms with E-state index in [0.717, 1.165) is 0 Å². The Labute approximate surface area is 105 Å². The monoisotopic (exact) mass is 273 g/mol. The number of sulfonamides is 1. The van der Waals surface area contributed by atoms with Crippen LogP contribution in [0.15, 0.2) is 11.2 Å². The second-order valence-electron chi connectivity index (χ2n) is 4.28. The van der Waals surface area contributed by atoms with Crippen molar-refractivity contribution in [1.29, 1.82) is 0 Å².